The molecule has 0 aromatic carbocycles. The number of likely N-dealkylation sites (N-methyl/N-ethyl adjacent to an activating group) is 1. The summed E-state index contributed by atoms with van der Waals surface area (Å²) in [7, 11) is 4.54. The molecule has 3 saturated heterocycles. The number of piperazine rings is 1. The highest BCUT2D eigenvalue weighted by molar-refractivity contribution is 5.03. The van der Waals surface area contributed by atoms with Gasteiger partial charge in [0.2, 0.25) is 0 Å². The molecule has 1 saturated carbocycles. The minimum absolute atomic E-state index is 0.739. The molecule has 1 spiro atoms. The molecule has 0 bridgehead atoms. The van der Waals surface area contributed by atoms with Crippen LogP contribution >= 0.6 is 0 Å². The Morgan fingerprint density at radius 1 is 0.682 bits per heavy atom. The summed E-state index contributed by atoms with van der Waals surface area (Å²) < 4.78 is 0. The second kappa shape index (κ2) is 6.04. The maximum Gasteiger partial charge on any atom is 0.0236 e. The van der Waals surface area contributed by atoms with Crippen LogP contribution in [0.15, 0.2) is 0 Å². The topological polar surface area (TPSA) is 13.0 Å². The van der Waals surface area contributed by atoms with Crippen LogP contribution in [0.3, 0.4) is 0 Å². The van der Waals surface area contributed by atoms with E-state index in [1.807, 2.05) is 0 Å². The van der Waals surface area contributed by atoms with E-state index >= 15 is 0 Å². The van der Waals surface area contributed by atoms with Crippen molar-refractivity contribution in [3.8, 4) is 0 Å². The molecule has 4 rings (SSSR count). The molecule has 4 nitrogen and oxygen atoms in total. The Morgan fingerprint density at radius 2 is 1.32 bits per heavy atom. The average molecular weight is 306 g/mol. The summed E-state index contributed by atoms with van der Waals surface area (Å²) in [6.07, 6.45) is 7.31. The molecule has 22 heavy (non-hydrogen) atoms. The van der Waals surface area contributed by atoms with Crippen molar-refractivity contribution < 1.29 is 0 Å². The van der Waals surface area contributed by atoms with Crippen LogP contribution in [0.1, 0.15) is 32.1 Å². The van der Waals surface area contributed by atoms with Crippen LogP contribution in [0.5, 0.6) is 0 Å². The smallest absolute Gasteiger partial charge is 0.0236 e. The fourth-order valence-corrected chi connectivity index (χ4v) is 5.28. The molecular formula is C18H34N4. The Bertz CT molecular complexity index is 375. The van der Waals surface area contributed by atoms with Gasteiger partial charge >= 0.3 is 0 Å². The van der Waals surface area contributed by atoms with E-state index in [4.69, 9.17) is 0 Å². The van der Waals surface area contributed by atoms with Gasteiger partial charge in [-0.25, -0.2) is 0 Å². The van der Waals surface area contributed by atoms with Crippen molar-refractivity contribution >= 4 is 0 Å². The minimum atomic E-state index is 0.739. The number of likely N-dealkylation sites (tertiary alicyclic amines) is 2. The van der Waals surface area contributed by atoms with Gasteiger partial charge in [0.1, 0.15) is 0 Å². The fraction of sp³-hybridized carbons (Fsp3) is 1.00. The summed E-state index contributed by atoms with van der Waals surface area (Å²) in [4.78, 5) is 10.6. The lowest BCUT2D eigenvalue weighted by molar-refractivity contribution is -0.0336. The molecule has 0 radical (unpaired) electrons. The molecule has 0 aromatic rings. The molecule has 0 aromatic heterocycles. The lowest BCUT2D eigenvalue weighted by Gasteiger charge is -2.54. The van der Waals surface area contributed by atoms with Gasteiger partial charge in [-0.15, -0.1) is 0 Å². The first-order chi connectivity index (χ1) is 10.6. The van der Waals surface area contributed by atoms with Crippen LogP contribution in [-0.2, 0) is 0 Å². The number of nitrogens with zero attached hydrogens (tertiary/aromatic N) is 4. The van der Waals surface area contributed by atoms with Gasteiger partial charge in [-0.2, -0.15) is 0 Å². The van der Waals surface area contributed by atoms with E-state index in [-0.39, 0.29) is 0 Å². The Hall–Kier alpha value is -0.160. The third kappa shape index (κ3) is 2.95. The fourth-order valence-electron chi connectivity index (χ4n) is 5.28. The third-order valence-corrected chi connectivity index (χ3v) is 7.15. The maximum atomic E-state index is 2.84. The molecular weight excluding hydrogens is 272 g/mol. The lowest BCUT2D eigenvalue weighted by Crippen LogP contribution is -2.55. The van der Waals surface area contributed by atoms with Crippen LogP contribution in [-0.4, -0.2) is 98.1 Å². The normalized spacial score (nSPS) is 36.0. The molecule has 1 aliphatic carbocycles. The SMILES string of the molecule is CN1CCN(C2CCN(C3CC4(CCN(C)CC4)C3)C2)CC1. The number of hydrogen-bond donors (Lipinski definition) is 0. The molecule has 4 fully saturated rings. The second-order valence-electron chi connectivity index (χ2n) is 8.64. The molecule has 4 heteroatoms. The second-order valence-corrected chi connectivity index (χ2v) is 8.64. The molecule has 126 valence electrons. The van der Waals surface area contributed by atoms with Gasteiger partial charge in [-0.1, -0.05) is 0 Å². The summed E-state index contributed by atoms with van der Waals surface area (Å²) >= 11 is 0. The van der Waals surface area contributed by atoms with E-state index in [0.29, 0.717) is 0 Å². The van der Waals surface area contributed by atoms with Crippen molar-refractivity contribution in [3.05, 3.63) is 0 Å². The molecule has 0 N–H and O–H groups in total. The van der Waals surface area contributed by atoms with Gasteiger partial charge < -0.3 is 9.80 Å². The van der Waals surface area contributed by atoms with Crippen molar-refractivity contribution in [3.63, 3.8) is 0 Å². The highest BCUT2D eigenvalue weighted by Crippen LogP contribution is 2.51. The van der Waals surface area contributed by atoms with Crippen LogP contribution in [0.2, 0.25) is 0 Å². The Labute approximate surface area is 136 Å². The van der Waals surface area contributed by atoms with Crippen LogP contribution in [0.4, 0.5) is 0 Å². The highest BCUT2D eigenvalue weighted by Gasteiger charge is 2.48. The van der Waals surface area contributed by atoms with E-state index in [1.54, 1.807) is 0 Å². The van der Waals surface area contributed by atoms with Gasteiger partial charge in [-0.05, 0) is 64.7 Å². The number of rotatable bonds is 2. The third-order valence-electron chi connectivity index (χ3n) is 7.15. The van der Waals surface area contributed by atoms with Crippen LogP contribution in [0, 0.1) is 5.41 Å². The first-order valence-corrected chi connectivity index (χ1v) is 9.49. The van der Waals surface area contributed by atoms with E-state index < -0.39 is 0 Å². The van der Waals surface area contributed by atoms with Gasteiger partial charge in [0, 0.05) is 51.4 Å². The van der Waals surface area contributed by atoms with Crippen LogP contribution < -0.4 is 0 Å². The summed E-state index contributed by atoms with van der Waals surface area (Å²) in [6, 6.07) is 1.77. The van der Waals surface area contributed by atoms with Crippen molar-refractivity contribution in [2.45, 2.75) is 44.2 Å². The zero-order valence-corrected chi connectivity index (χ0v) is 14.6. The molecule has 0 amide bonds. The molecule has 3 heterocycles. The average Bonchev–Trinajstić information content (AvgIpc) is 2.96. The van der Waals surface area contributed by atoms with Crippen molar-refractivity contribution in [2.24, 2.45) is 5.41 Å². The van der Waals surface area contributed by atoms with E-state index in [0.717, 1.165) is 17.5 Å². The quantitative estimate of drug-likeness (QED) is 0.759. The summed E-state index contributed by atoms with van der Waals surface area (Å²) in [5.41, 5.74) is 0.739. The molecule has 4 aliphatic rings. The van der Waals surface area contributed by atoms with Gasteiger partial charge in [0.15, 0.2) is 0 Å². The van der Waals surface area contributed by atoms with Gasteiger partial charge in [-0.3, -0.25) is 9.80 Å². The Morgan fingerprint density at radius 3 is 2.00 bits per heavy atom. The predicted molar refractivity (Wildman–Crippen MR) is 91.2 cm³/mol. The number of hydrogen-bond acceptors (Lipinski definition) is 4. The summed E-state index contributed by atoms with van der Waals surface area (Å²) in [5, 5.41) is 0. The zero-order valence-electron chi connectivity index (χ0n) is 14.6. The van der Waals surface area contributed by atoms with Crippen molar-refractivity contribution in [1.82, 2.24) is 19.6 Å². The predicted octanol–water partition coefficient (Wildman–Crippen LogP) is 1.18. The summed E-state index contributed by atoms with van der Waals surface area (Å²) in [5.74, 6) is 0. The largest absolute Gasteiger partial charge is 0.306 e. The number of piperidine rings is 1. The summed E-state index contributed by atoms with van der Waals surface area (Å²) in [6.45, 7) is 10.5. The van der Waals surface area contributed by atoms with Crippen molar-refractivity contribution in [2.75, 3.05) is 66.5 Å². The van der Waals surface area contributed by atoms with Crippen LogP contribution in [0.25, 0.3) is 0 Å². The standard InChI is InChI=1S/C18H34N4/c1-19-7-4-18(5-8-19)13-17(14-18)22-6-3-16(15-22)21-11-9-20(2)10-12-21/h16-17H,3-15H2,1-2H3. The molecule has 1 unspecified atom stereocenters. The Balaban J connectivity index is 1.24. The van der Waals surface area contributed by atoms with Gasteiger partial charge in [0.05, 0.1) is 0 Å². The van der Waals surface area contributed by atoms with E-state index in [1.165, 1.54) is 84.5 Å². The lowest BCUT2D eigenvalue weighted by atomic mass is 9.60. The molecule has 3 aliphatic heterocycles. The van der Waals surface area contributed by atoms with E-state index in [2.05, 4.69) is 33.7 Å². The zero-order chi connectivity index (χ0) is 15.2. The highest BCUT2D eigenvalue weighted by atomic mass is 15.3. The minimum Gasteiger partial charge on any atom is -0.306 e. The van der Waals surface area contributed by atoms with E-state index in [9.17, 15) is 0 Å². The molecule has 1 atom stereocenters. The Kier molecular flexibility index (Phi) is 4.22. The maximum absolute atomic E-state index is 2.84. The van der Waals surface area contributed by atoms with Gasteiger partial charge in [0.25, 0.3) is 0 Å². The van der Waals surface area contributed by atoms with Crippen molar-refractivity contribution in [1.29, 1.82) is 0 Å². The first-order valence-electron chi connectivity index (χ1n) is 9.49. The first kappa shape index (κ1) is 15.4. The monoisotopic (exact) mass is 306 g/mol.